The van der Waals surface area contributed by atoms with Gasteiger partial charge in [0.05, 0.1) is 0 Å². The lowest BCUT2D eigenvalue weighted by Crippen LogP contribution is -2.31. The fourth-order valence-electron chi connectivity index (χ4n) is 1.65. The van der Waals surface area contributed by atoms with E-state index >= 15 is 0 Å². The molecular formula is C10H14IN3. The molecular weight excluding hydrogens is 289 g/mol. The average molecular weight is 303 g/mol. The topological polar surface area (TPSA) is 37.8 Å². The van der Waals surface area contributed by atoms with Gasteiger partial charge < -0.3 is 5.32 Å². The Morgan fingerprint density at radius 1 is 1.43 bits per heavy atom. The van der Waals surface area contributed by atoms with Crippen LogP contribution in [0.25, 0.3) is 0 Å². The maximum absolute atomic E-state index is 4.23. The van der Waals surface area contributed by atoms with Crippen LogP contribution in [0.3, 0.4) is 0 Å². The summed E-state index contributed by atoms with van der Waals surface area (Å²) in [5.41, 5.74) is 0. The fraction of sp³-hybridized carbons (Fsp3) is 0.600. The highest BCUT2D eigenvalue weighted by Gasteiger charge is 2.23. The Kier molecular flexibility index (Phi) is 3.20. The molecule has 14 heavy (non-hydrogen) atoms. The van der Waals surface area contributed by atoms with Gasteiger partial charge in [-0.2, -0.15) is 0 Å². The molecule has 1 N–H and O–H groups in total. The van der Waals surface area contributed by atoms with Crippen molar-refractivity contribution >= 4 is 28.5 Å². The molecule has 1 aromatic heterocycles. The first kappa shape index (κ1) is 10.1. The van der Waals surface area contributed by atoms with Crippen LogP contribution in [-0.2, 0) is 0 Å². The van der Waals surface area contributed by atoms with Crippen molar-refractivity contribution in [3.63, 3.8) is 0 Å². The van der Waals surface area contributed by atoms with Crippen molar-refractivity contribution < 1.29 is 0 Å². The van der Waals surface area contributed by atoms with Crippen molar-refractivity contribution in [3.05, 3.63) is 16.0 Å². The van der Waals surface area contributed by atoms with Gasteiger partial charge in [-0.1, -0.05) is 6.42 Å². The standard InChI is InChI=1S/C10H14IN3/c1-7(8-3-2-4-8)14-10-12-5-9(11)6-13-10/h5-8H,2-4H2,1H3,(H,12,13,14)/t7-/m0/s1. The van der Waals surface area contributed by atoms with Crippen LogP contribution in [0, 0.1) is 9.49 Å². The van der Waals surface area contributed by atoms with Gasteiger partial charge in [0.2, 0.25) is 5.95 Å². The molecule has 0 aromatic carbocycles. The second kappa shape index (κ2) is 4.42. The summed E-state index contributed by atoms with van der Waals surface area (Å²) in [5, 5.41) is 3.35. The summed E-state index contributed by atoms with van der Waals surface area (Å²) in [6.45, 7) is 2.21. The van der Waals surface area contributed by atoms with Crippen LogP contribution in [0.2, 0.25) is 0 Å². The zero-order chi connectivity index (χ0) is 9.97. The Bertz CT molecular complexity index is 295. The smallest absolute Gasteiger partial charge is 0.222 e. The summed E-state index contributed by atoms with van der Waals surface area (Å²) in [7, 11) is 0. The summed E-state index contributed by atoms with van der Waals surface area (Å²) in [4.78, 5) is 8.46. The van der Waals surface area contributed by atoms with E-state index in [4.69, 9.17) is 0 Å². The number of aromatic nitrogens is 2. The Hall–Kier alpha value is -0.390. The molecule has 0 bridgehead atoms. The third kappa shape index (κ3) is 2.34. The Balaban J connectivity index is 1.92. The molecule has 0 radical (unpaired) electrons. The predicted octanol–water partition coefficient (Wildman–Crippen LogP) is 2.68. The zero-order valence-electron chi connectivity index (χ0n) is 8.20. The summed E-state index contributed by atoms with van der Waals surface area (Å²) < 4.78 is 1.07. The minimum atomic E-state index is 0.504. The molecule has 2 rings (SSSR count). The second-order valence-corrected chi connectivity index (χ2v) is 5.09. The normalized spacial score (nSPS) is 18.7. The molecule has 0 aliphatic heterocycles. The molecule has 1 fully saturated rings. The fourth-order valence-corrected chi connectivity index (χ4v) is 1.93. The number of rotatable bonds is 3. The van der Waals surface area contributed by atoms with Crippen LogP contribution < -0.4 is 5.32 Å². The first-order valence-electron chi connectivity index (χ1n) is 5.00. The van der Waals surface area contributed by atoms with E-state index in [-0.39, 0.29) is 0 Å². The first-order chi connectivity index (χ1) is 6.75. The molecule has 0 saturated heterocycles. The number of nitrogens with zero attached hydrogens (tertiary/aromatic N) is 2. The molecule has 1 aliphatic rings. The summed E-state index contributed by atoms with van der Waals surface area (Å²) in [5.74, 6) is 1.57. The molecule has 1 heterocycles. The maximum Gasteiger partial charge on any atom is 0.222 e. The Morgan fingerprint density at radius 2 is 2.07 bits per heavy atom. The van der Waals surface area contributed by atoms with Gasteiger partial charge in [-0.15, -0.1) is 0 Å². The molecule has 1 aliphatic carbocycles. The highest BCUT2D eigenvalue weighted by atomic mass is 127. The van der Waals surface area contributed by atoms with Crippen LogP contribution in [0.4, 0.5) is 5.95 Å². The van der Waals surface area contributed by atoms with Crippen molar-refractivity contribution in [2.24, 2.45) is 5.92 Å². The lowest BCUT2D eigenvalue weighted by atomic mass is 9.80. The Labute approximate surface area is 97.9 Å². The molecule has 1 aromatic rings. The van der Waals surface area contributed by atoms with Gasteiger partial charge in [0.15, 0.2) is 0 Å². The van der Waals surface area contributed by atoms with Crippen molar-refractivity contribution in [2.75, 3.05) is 5.32 Å². The van der Waals surface area contributed by atoms with Crippen molar-refractivity contribution in [1.29, 1.82) is 0 Å². The van der Waals surface area contributed by atoms with E-state index in [9.17, 15) is 0 Å². The van der Waals surface area contributed by atoms with E-state index in [2.05, 4.69) is 44.8 Å². The van der Waals surface area contributed by atoms with Gasteiger partial charge in [-0.05, 0) is 48.3 Å². The minimum Gasteiger partial charge on any atom is -0.351 e. The van der Waals surface area contributed by atoms with Gasteiger partial charge in [0.1, 0.15) is 0 Å². The minimum absolute atomic E-state index is 0.504. The van der Waals surface area contributed by atoms with Gasteiger partial charge >= 0.3 is 0 Å². The van der Waals surface area contributed by atoms with Crippen LogP contribution in [-0.4, -0.2) is 16.0 Å². The van der Waals surface area contributed by atoms with Gasteiger partial charge in [0.25, 0.3) is 0 Å². The SMILES string of the molecule is C[C@H](Nc1ncc(I)cn1)C1CCC1. The van der Waals surface area contributed by atoms with Crippen molar-refractivity contribution in [1.82, 2.24) is 9.97 Å². The molecule has 3 nitrogen and oxygen atoms in total. The van der Waals surface area contributed by atoms with Crippen molar-refractivity contribution in [2.45, 2.75) is 32.2 Å². The highest BCUT2D eigenvalue weighted by molar-refractivity contribution is 14.1. The van der Waals surface area contributed by atoms with Crippen LogP contribution in [0.1, 0.15) is 26.2 Å². The summed E-state index contributed by atoms with van der Waals surface area (Å²) in [6.07, 6.45) is 7.74. The van der Waals surface area contributed by atoms with E-state index in [1.807, 2.05) is 12.4 Å². The van der Waals surface area contributed by atoms with Crippen LogP contribution >= 0.6 is 22.6 Å². The zero-order valence-corrected chi connectivity index (χ0v) is 10.4. The van der Waals surface area contributed by atoms with Crippen LogP contribution in [0.15, 0.2) is 12.4 Å². The maximum atomic E-state index is 4.23. The molecule has 76 valence electrons. The first-order valence-corrected chi connectivity index (χ1v) is 6.07. The third-order valence-corrected chi connectivity index (χ3v) is 3.39. The molecule has 1 saturated carbocycles. The number of nitrogens with one attached hydrogen (secondary N) is 1. The van der Waals surface area contributed by atoms with Crippen molar-refractivity contribution in [3.8, 4) is 0 Å². The largest absolute Gasteiger partial charge is 0.351 e. The van der Waals surface area contributed by atoms with Crippen LogP contribution in [0.5, 0.6) is 0 Å². The second-order valence-electron chi connectivity index (χ2n) is 3.85. The quantitative estimate of drug-likeness (QED) is 0.873. The highest BCUT2D eigenvalue weighted by Crippen LogP contribution is 2.30. The molecule has 1 atom stereocenters. The number of hydrogen-bond acceptors (Lipinski definition) is 3. The summed E-state index contributed by atoms with van der Waals surface area (Å²) in [6, 6.07) is 0.504. The summed E-state index contributed by atoms with van der Waals surface area (Å²) >= 11 is 2.21. The lowest BCUT2D eigenvalue weighted by Gasteiger charge is -2.31. The van der Waals surface area contributed by atoms with E-state index in [0.29, 0.717) is 6.04 Å². The van der Waals surface area contributed by atoms with E-state index in [1.54, 1.807) is 0 Å². The molecule has 4 heteroatoms. The third-order valence-electron chi connectivity index (χ3n) is 2.83. The number of hydrogen-bond donors (Lipinski definition) is 1. The predicted molar refractivity (Wildman–Crippen MR) is 65.2 cm³/mol. The van der Waals surface area contributed by atoms with E-state index < -0.39 is 0 Å². The number of anilines is 1. The number of halogens is 1. The monoisotopic (exact) mass is 303 g/mol. The molecule has 0 unspecified atom stereocenters. The lowest BCUT2D eigenvalue weighted by molar-refractivity contribution is 0.284. The van der Waals surface area contributed by atoms with E-state index in [1.165, 1.54) is 19.3 Å². The molecule has 0 amide bonds. The van der Waals surface area contributed by atoms with E-state index in [0.717, 1.165) is 15.4 Å². The van der Waals surface area contributed by atoms with Gasteiger partial charge in [0, 0.05) is 22.0 Å². The van der Waals surface area contributed by atoms with Gasteiger partial charge in [-0.25, -0.2) is 9.97 Å². The average Bonchev–Trinajstić information content (AvgIpc) is 2.06. The van der Waals surface area contributed by atoms with Gasteiger partial charge in [-0.3, -0.25) is 0 Å². The Morgan fingerprint density at radius 3 is 2.57 bits per heavy atom. The molecule has 0 spiro atoms.